The van der Waals surface area contributed by atoms with Crippen molar-refractivity contribution in [3.8, 4) is 23.3 Å². The molecule has 0 aromatic carbocycles. The molecule has 2 rings (SSSR count). The van der Waals surface area contributed by atoms with Gasteiger partial charge in [-0.3, -0.25) is 0 Å². The fourth-order valence-corrected chi connectivity index (χ4v) is 1.94. The zero-order valence-electron chi connectivity index (χ0n) is 8.77. The zero-order valence-corrected chi connectivity index (χ0v) is 8.77. The highest BCUT2D eigenvalue weighted by molar-refractivity contribution is 5.75. The smallest absolute Gasteiger partial charge is 0.0669 e. The zero-order chi connectivity index (χ0) is 11.4. The minimum atomic E-state index is 0.395. The van der Waals surface area contributed by atoms with Crippen LogP contribution in [0.1, 0.15) is 11.1 Å². The van der Waals surface area contributed by atoms with Crippen molar-refractivity contribution in [3.05, 3.63) is 47.5 Å². The van der Waals surface area contributed by atoms with Gasteiger partial charge in [-0.15, -0.1) is 0 Å². The van der Waals surface area contributed by atoms with Crippen LogP contribution in [0.4, 0.5) is 0 Å². The predicted octanol–water partition coefficient (Wildman–Crippen LogP) is 2.92. The maximum atomic E-state index is 8.77. The molecule has 0 saturated carbocycles. The van der Waals surface area contributed by atoms with E-state index < -0.39 is 0 Å². The van der Waals surface area contributed by atoms with Gasteiger partial charge in [-0.05, 0) is 22.3 Å². The van der Waals surface area contributed by atoms with Crippen molar-refractivity contribution in [3.63, 3.8) is 0 Å². The fraction of sp³-hybridized carbons (Fsp3) is 0.143. The minimum Gasteiger partial charge on any atom is -0.198 e. The molecular formula is C14H10N2. The molecule has 0 unspecified atom stereocenters. The average Bonchev–Trinajstić information content (AvgIpc) is 2.50. The van der Waals surface area contributed by atoms with Crippen LogP contribution < -0.4 is 0 Å². The Balaban J connectivity index is 2.61. The molecule has 2 nitrogen and oxygen atoms in total. The summed E-state index contributed by atoms with van der Waals surface area (Å²) >= 11 is 0. The molecule has 0 saturated heterocycles. The van der Waals surface area contributed by atoms with Crippen molar-refractivity contribution >= 4 is 0 Å². The fourth-order valence-electron chi connectivity index (χ4n) is 1.94. The molecule has 0 spiro atoms. The maximum Gasteiger partial charge on any atom is 0.0669 e. The van der Waals surface area contributed by atoms with Crippen molar-refractivity contribution < 1.29 is 0 Å². The highest BCUT2D eigenvalue weighted by Gasteiger charge is 2.13. The number of nitrogens with zero attached hydrogens (tertiary/aromatic N) is 2. The van der Waals surface area contributed by atoms with Crippen LogP contribution >= 0.6 is 0 Å². The molecule has 0 aromatic heterocycles. The molecule has 0 aliphatic heterocycles. The lowest BCUT2D eigenvalue weighted by Crippen LogP contribution is -1.79. The van der Waals surface area contributed by atoms with E-state index >= 15 is 0 Å². The largest absolute Gasteiger partial charge is 0.198 e. The lowest BCUT2D eigenvalue weighted by atomic mass is 10.1. The molecule has 2 aliphatic carbocycles. The van der Waals surface area contributed by atoms with E-state index in [2.05, 4.69) is 12.1 Å². The summed E-state index contributed by atoms with van der Waals surface area (Å²) in [6.45, 7) is 0. The van der Waals surface area contributed by atoms with Gasteiger partial charge >= 0.3 is 0 Å². The van der Waals surface area contributed by atoms with E-state index in [1.807, 2.05) is 36.4 Å². The van der Waals surface area contributed by atoms with Crippen molar-refractivity contribution in [2.45, 2.75) is 12.8 Å². The number of fused-ring (bicyclic) bond motifs is 1. The topological polar surface area (TPSA) is 47.6 Å². The van der Waals surface area contributed by atoms with Crippen molar-refractivity contribution in [1.29, 1.82) is 10.5 Å². The van der Waals surface area contributed by atoms with Crippen LogP contribution in [0.5, 0.6) is 0 Å². The summed E-state index contributed by atoms with van der Waals surface area (Å²) in [5.74, 6) is 0. The van der Waals surface area contributed by atoms with Crippen LogP contribution in [0.25, 0.3) is 11.1 Å². The third kappa shape index (κ3) is 1.74. The molecule has 2 heteroatoms. The van der Waals surface area contributed by atoms with Crippen molar-refractivity contribution in [1.82, 2.24) is 0 Å². The van der Waals surface area contributed by atoms with Crippen LogP contribution in [0.2, 0.25) is 0 Å². The Kier molecular flexibility index (Phi) is 2.85. The molecule has 0 fully saturated rings. The van der Waals surface area contributed by atoms with Gasteiger partial charge in [-0.1, -0.05) is 36.4 Å². The molecule has 16 heavy (non-hydrogen) atoms. The van der Waals surface area contributed by atoms with Gasteiger partial charge in [0, 0.05) is 0 Å². The quantitative estimate of drug-likeness (QED) is 0.758. The van der Waals surface area contributed by atoms with E-state index in [9.17, 15) is 0 Å². The third-order valence-electron chi connectivity index (χ3n) is 2.62. The van der Waals surface area contributed by atoms with Crippen LogP contribution in [0, 0.1) is 22.7 Å². The first-order valence-electron chi connectivity index (χ1n) is 5.10. The molecule has 76 valence electrons. The first kappa shape index (κ1) is 10.2. The first-order chi connectivity index (χ1) is 7.86. The van der Waals surface area contributed by atoms with Gasteiger partial charge in [-0.2, -0.15) is 10.5 Å². The van der Waals surface area contributed by atoms with Crippen molar-refractivity contribution in [2.24, 2.45) is 0 Å². The number of nitriles is 2. The minimum absolute atomic E-state index is 0.395. The molecule has 0 N–H and O–H groups in total. The third-order valence-corrected chi connectivity index (χ3v) is 2.62. The van der Waals surface area contributed by atoms with Gasteiger partial charge in [-0.25, -0.2) is 0 Å². The van der Waals surface area contributed by atoms with Crippen LogP contribution in [0.3, 0.4) is 0 Å². The second-order valence-corrected chi connectivity index (χ2v) is 3.60. The molecule has 0 amide bonds. The Morgan fingerprint density at radius 2 is 1.31 bits per heavy atom. The highest BCUT2D eigenvalue weighted by atomic mass is 14.3. The Morgan fingerprint density at radius 3 is 1.75 bits per heavy atom. The van der Waals surface area contributed by atoms with Gasteiger partial charge in [0.05, 0.1) is 25.0 Å². The maximum absolute atomic E-state index is 8.77. The predicted molar refractivity (Wildman–Crippen MR) is 61.7 cm³/mol. The summed E-state index contributed by atoms with van der Waals surface area (Å²) in [6.07, 6.45) is 0.790. The van der Waals surface area contributed by atoms with Gasteiger partial charge in [0.1, 0.15) is 0 Å². The normalized spacial score (nSPS) is 9.62. The second kappa shape index (κ2) is 4.47. The lowest BCUT2D eigenvalue weighted by Gasteiger charge is -1.97. The molecule has 0 aromatic rings. The number of hydrogen-bond acceptors (Lipinski definition) is 2. The van der Waals surface area contributed by atoms with E-state index in [0.717, 1.165) is 22.3 Å². The van der Waals surface area contributed by atoms with Crippen LogP contribution in [0.15, 0.2) is 36.4 Å². The summed E-state index contributed by atoms with van der Waals surface area (Å²) < 4.78 is 0. The lowest BCUT2D eigenvalue weighted by molar-refractivity contribution is 1.26. The average molecular weight is 206 g/mol. The SMILES string of the molecule is N#CCc1cc(CC#N)c2cccccc1-2. The Morgan fingerprint density at radius 1 is 0.812 bits per heavy atom. The van der Waals surface area contributed by atoms with Gasteiger partial charge < -0.3 is 0 Å². The summed E-state index contributed by atoms with van der Waals surface area (Å²) in [5.41, 5.74) is 4.19. The van der Waals surface area contributed by atoms with Crippen molar-refractivity contribution in [2.75, 3.05) is 0 Å². The summed E-state index contributed by atoms with van der Waals surface area (Å²) in [5, 5.41) is 17.5. The van der Waals surface area contributed by atoms with Crippen LogP contribution in [-0.4, -0.2) is 0 Å². The van der Waals surface area contributed by atoms with E-state index in [0.29, 0.717) is 12.8 Å². The molecule has 0 radical (unpaired) electrons. The number of rotatable bonds is 2. The van der Waals surface area contributed by atoms with E-state index in [1.54, 1.807) is 0 Å². The first-order valence-corrected chi connectivity index (χ1v) is 5.10. The summed E-state index contributed by atoms with van der Waals surface area (Å²) in [7, 11) is 0. The van der Waals surface area contributed by atoms with E-state index in [4.69, 9.17) is 10.5 Å². The summed E-state index contributed by atoms with van der Waals surface area (Å²) in [4.78, 5) is 0. The number of hydrogen-bond donors (Lipinski definition) is 0. The molecular weight excluding hydrogens is 196 g/mol. The highest BCUT2D eigenvalue weighted by Crippen LogP contribution is 2.32. The molecule has 0 atom stereocenters. The Labute approximate surface area is 94.7 Å². The van der Waals surface area contributed by atoms with E-state index in [-0.39, 0.29) is 0 Å². The van der Waals surface area contributed by atoms with E-state index in [1.165, 1.54) is 0 Å². The van der Waals surface area contributed by atoms with Gasteiger partial charge in [0.25, 0.3) is 0 Å². The van der Waals surface area contributed by atoms with Crippen LogP contribution in [-0.2, 0) is 12.8 Å². The second-order valence-electron chi connectivity index (χ2n) is 3.60. The van der Waals surface area contributed by atoms with Gasteiger partial charge in [0.15, 0.2) is 0 Å². The molecule has 0 heterocycles. The molecule has 0 bridgehead atoms. The van der Waals surface area contributed by atoms with Gasteiger partial charge in [0.2, 0.25) is 0 Å². The Hall–Kier alpha value is -2.32. The summed E-state index contributed by atoms with van der Waals surface area (Å²) in [6, 6.07) is 16.2. The molecule has 2 aliphatic rings. The monoisotopic (exact) mass is 206 g/mol. The Bertz CT molecular complexity index is 510. The standard InChI is InChI=1S/C14H10N2/c15-8-6-11-10-12(7-9-16)14-5-3-1-2-4-13(11)14/h1-5,10H,6-7H2.